The molecule has 6 aromatic rings. The van der Waals surface area contributed by atoms with Crippen LogP contribution < -0.4 is 4.90 Å². The summed E-state index contributed by atoms with van der Waals surface area (Å²) >= 11 is 0. The third-order valence-electron chi connectivity index (χ3n) is 6.61. The molecule has 4 aromatic carbocycles. The summed E-state index contributed by atoms with van der Waals surface area (Å²) in [5.41, 5.74) is 5.37. The van der Waals surface area contributed by atoms with E-state index >= 15 is 0 Å². The SMILES string of the molecule is O=C(O)c1cccc(N(Cc2ccc(-c3ccccc3-c3nn[nH]n3)cc2)C(=O)c2cnc3ccccc3c2)c1. The molecule has 6 rings (SSSR count). The number of carbonyl (C=O) groups is 2. The van der Waals surface area contributed by atoms with Crippen LogP contribution in [0.4, 0.5) is 5.69 Å². The number of hydrogen-bond donors (Lipinski definition) is 2. The number of fused-ring (bicyclic) bond motifs is 1. The summed E-state index contributed by atoms with van der Waals surface area (Å²) in [6.07, 6.45) is 1.55. The summed E-state index contributed by atoms with van der Waals surface area (Å²) < 4.78 is 0. The lowest BCUT2D eigenvalue weighted by Crippen LogP contribution is -2.30. The minimum absolute atomic E-state index is 0.0976. The van der Waals surface area contributed by atoms with Crippen LogP contribution in [0.15, 0.2) is 109 Å². The Hall–Kier alpha value is -5.70. The second-order valence-corrected chi connectivity index (χ2v) is 9.14. The second kappa shape index (κ2) is 10.6. The van der Waals surface area contributed by atoms with Gasteiger partial charge in [-0.1, -0.05) is 72.8 Å². The Morgan fingerprint density at radius 1 is 0.800 bits per heavy atom. The molecule has 0 atom stereocenters. The second-order valence-electron chi connectivity index (χ2n) is 9.14. The number of nitrogens with one attached hydrogen (secondary N) is 1. The van der Waals surface area contributed by atoms with Crippen molar-refractivity contribution in [2.45, 2.75) is 6.54 Å². The third-order valence-corrected chi connectivity index (χ3v) is 6.61. The number of benzene rings is 4. The average molecular weight is 527 g/mol. The molecule has 40 heavy (non-hydrogen) atoms. The highest BCUT2D eigenvalue weighted by Gasteiger charge is 2.21. The van der Waals surface area contributed by atoms with Gasteiger partial charge in [0.2, 0.25) is 5.82 Å². The number of carbonyl (C=O) groups excluding carboxylic acids is 1. The fourth-order valence-electron chi connectivity index (χ4n) is 4.61. The van der Waals surface area contributed by atoms with Crippen LogP contribution in [-0.2, 0) is 6.54 Å². The van der Waals surface area contributed by atoms with Crippen molar-refractivity contribution >= 4 is 28.5 Å². The Balaban J connectivity index is 1.35. The number of aromatic nitrogens is 5. The van der Waals surface area contributed by atoms with Gasteiger partial charge < -0.3 is 10.0 Å². The number of rotatable bonds is 7. The van der Waals surface area contributed by atoms with Crippen LogP contribution in [0.3, 0.4) is 0 Å². The van der Waals surface area contributed by atoms with Gasteiger partial charge in [-0.25, -0.2) is 4.79 Å². The summed E-state index contributed by atoms with van der Waals surface area (Å²) in [4.78, 5) is 31.5. The molecule has 0 aliphatic heterocycles. The molecular formula is C31H22N6O3. The van der Waals surface area contributed by atoms with Crippen molar-refractivity contribution < 1.29 is 14.7 Å². The summed E-state index contributed by atoms with van der Waals surface area (Å²) in [6.45, 7) is 0.224. The number of anilines is 1. The number of aromatic amines is 1. The highest BCUT2D eigenvalue weighted by atomic mass is 16.4. The molecule has 2 N–H and O–H groups in total. The van der Waals surface area contributed by atoms with E-state index in [1.54, 1.807) is 29.3 Å². The molecule has 0 bridgehead atoms. The number of carboxylic acid groups (broad SMARTS) is 1. The fraction of sp³-hybridized carbons (Fsp3) is 0.0323. The Labute approximate surface area is 228 Å². The number of para-hydroxylation sites is 1. The van der Waals surface area contributed by atoms with Gasteiger partial charge in [0.05, 0.1) is 23.2 Å². The van der Waals surface area contributed by atoms with Gasteiger partial charge in [-0.2, -0.15) is 5.21 Å². The normalized spacial score (nSPS) is 10.9. The van der Waals surface area contributed by atoms with Crippen LogP contribution >= 0.6 is 0 Å². The van der Waals surface area contributed by atoms with E-state index in [0.29, 0.717) is 17.1 Å². The Morgan fingerprint density at radius 3 is 2.35 bits per heavy atom. The van der Waals surface area contributed by atoms with E-state index in [9.17, 15) is 14.7 Å². The first kappa shape index (κ1) is 24.6. The predicted octanol–water partition coefficient (Wildman–Crippen LogP) is 5.63. The number of carboxylic acids is 1. The summed E-state index contributed by atoms with van der Waals surface area (Å²) in [6, 6.07) is 31.4. The lowest BCUT2D eigenvalue weighted by Gasteiger charge is -2.24. The molecule has 0 fully saturated rings. The van der Waals surface area contributed by atoms with Crippen LogP contribution in [0.2, 0.25) is 0 Å². The van der Waals surface area contributed by atoms with Crippen molar-refractivity contribution in [3.63, 3.8) is 0 Å². The molecule has 9 heteroatoms. The molecule has 2 aromatic heterocycles. The quantitative estimate of drug-likeness (QED) is 0.276. The molecule has 0 radical (unpaired) electrons. The maximum atomic E-state index is 13.9. The van der Waals surface area contributed by atoms with Crippen LogP contribution in [0, 0.1) is 0 Å². The van der Waals surface area contributed by atoms with Crippen molar-refractivity contribution in [1.29, 1.82) is 0 Å². The number of pyridine rings is 1. The molecule has 0 unspecified atom stereocenters. The van der Waals surface area contributed by atoms with Gasteiger partial charge in [0.1, 0.15) is 0 Å². The smallest absolute Gasteiger partial charge is 0.335 e. The van der Waals surface area contributed by atoms with E-state index in [1.807, 2.05) is 72.8 Å². The Morgan fingerprint density at radius 2 is 1.57 bits per heavy atom. The molecule has 0 aliphatic carbocycles. The summed E-state index contributed by atoms with van der Waals surface area (Å²) in [5.74, 6) is -0.850. The predicted molar refractivity (Wildman–Crippen MR) is 151 cm³/mol. The van der Waals surface area contributed by atoms with E-state index < -0.39 is 5.97 Å². The molecule has 0 saturated heterocycles. The first-order valence-electron chi connectivity index (χ1n) is 12.5. The Bertz CT molecular complexity index is 1830. The third kappa shape index (κ3) is 4.91. The number of tetrazole rings is 1. The molecule has 9 nitrogen and oxygen atoms in total. The zero-order chi connectivity index (χ0) is 27.5. The molecule has 0 spiro atoms. The zero-order valence-corrected chi connectivity index (χ0v) is 21.1. The standard InChI is InChI=1S/C31H22N6O3/c38-30(24-16-22-6-1-4-11-28(22)32-18-24)37(25-8-5-7-23(17-25)31(39)40)19-20-12-14-21(15-13-20)26-9-2-3-10-27(26)29-33-35-36-34-29/h1-18H,19H2,(H,39,40)(H,33,34,35,36). The van der Waals surface area contributed by atoms with Gasteiger partial charge in [0.15, 0.2) is 0 Å². The van der Waals surface area contributed by atoms with Gasteiger partial charge >= 0.3 is 5.97 Å². The van der Waals surface area contributed by atoms with Gasteiger partial charge in [-0.05, 0) is 52.2 Å². The molecule has 0 aliphatic rings. The zero-order valence-electron chi connectivity index (χ0n) is 21.1. The van der Waals surface area contributed by atoms with Gasteiger partial charge in [-0.3, -0.25) is 9.78 Å². The topological polar surface area (TPSA) is 125 Å². The Kier molecular flexibility index (Phi) is 6.51. The van der Waals surface area contributed by atoms with Gasteiger partial charge in [0.25, 0.3) is 5.91 Å². The van der Waals surface area contributed by atoms with Crippen LogP contribution in [-0.4, -0.2) is 42.6 Å². The minimum atomic E-state index is -1.06. The first-order valence-corrected chi connectivity index (χ1v) is 12.5. The summed E-state index contributed by atoms with van der Waals surface area (Å²) in [5, 5.41) is 24.8. The van der Waals surface area contributed by atoms with E-state index in [-0.39, 0.29) is 18.0 Å². The van der Waals surface area contributed by atoms with Gasteiger partial charge in [0, 0.05) is 22.8 Å². The molecule has 194 valence electrons. The number of nitrogens with zero attached hydrogens (tertiary/aromatic N) is 5. The van der Waals surface area contributed by atoms with Crippen molar-refractivity contribution in [3.05, 3.63) is 126 Å². The number of hydrogen-bond acceptors (Lipinski definition) is 6. The van der Waals surface area contributed by atoms with E-state index in [0.717, 1.165) is 33.2 Å². The molecule has 2 heterocycles. The minimum Gasteiger partial charge on any atom is -0.478 e. The fourth-order valence-corrected chi connectivity index (χ4v) is 4.61. The van der Waals surface area contributed by atoms with Crippen molar-refractivity contribution in [1.82, 2.24) is 25.6 Å². The molecule has 0 saturated carbocycles. The van der Waals surface area contributed by atoms with Crippen molar-refractivity contribution in [3.8, 4) is 22.5 Å². The van der Waals surface area contributed by atoms with Crippen molar-refractivity contribution in [2.24, 2.45) is 0 Å². The van der Waals surface area contributed by atoms with E-state index in [1.165, 1.54) is 12.1 Å². The number of aromatic carboxylic acids is 1. The van der Waals surface area contributed by atoms with E-state index in [2.05, 4.69) is 25.6 Å². The van der Waals surface area contributed by atoms with Crippen LogP contribution in [0.25, 0.3) is 33.4 Å². The lowest BCUT2D eigenvalue weighted by molar-refractivity contribution is 0.0696. The van der Waals surface area contributed by atoms with E-state index in [4.69, 9.17) is 0 Å². The first-order chi connectivity index (χ1) is 19.6. The highest BCUT2D eigenvalue weighted by Crippen LogP contribution is 2.30. The average Bonchev–Trinajstić information content (AvgIpc) is 3.55. The van der Waals surface area contributed by atoms with Crippen molar-refractivity contribution in [2.75, 3.05) is 4.90 Å². The maximum absolute atomic E-state index is 13.9. The maximum Gasteiger partial charge on any atom is 0.335 e. The lowest BCUT2D eigenvalue weighted by atomic mass is 9.98. The van der Waals surface area contributed by atoms with Crippen LogP contribution in [0.5, 0.6) is 0 Å². The monoisotopic (exact) mass is 526 g/mol. The largest absolute Gasteiger partial charge is 0.478 e. The number of H-pyrrole nitrogens is 1. The van der Waals surface area contributed by atoms with Crippen LogP contribution in [0.1, 0.15) is 26.3 Å². The van der Waals surface area contributed by atoms with Gasteiger partial charge in [-0.15, -0.1) is 10.2 Å². The molecular weight excluding hydrogens is 504 g/mol. The highest BCUT2D eigenvalue weighted by molar-refractivity contribution is 6.07. The molecule has 1 amide bonds. The summed E-state index contributed by atoms with van der Waals surface area (Å²) in [7, 11) is 0. The number of amides is 1.